The number of hydrogen-bond donors (Lipinski definition) is 1. The zero-order valence-corrected chi connectivity index (χ0v) is 30.4. The number of rotatable bonds is 17. The number of carbonyl (C=O) groups excluding carboxylic acids is 2. The van der Waals surface area contributed by atoms with E-state index in [-0.39, 0.29) is 11.9 Å². The minimum atomic E-state index is -0.752. The first-order valence-corrected chi connectivity index (χ1v) is 19.6. The number of aryl methyl sites for hydroxylation is 1. The molecule has 1 amide bonds. The monoisotopic (exact) mass is 696 g/mol. The summed E-state index contributed by atoms with van der Waals surface area (Å²) in [5, 5.41) is 2.93. The molecule has 0 radical (unpaired) electrons. The minimum absolute atomic E-state index is 0.214. The molecule has 260 valence electrons. The molecule has 0 heterocycles. The molecule has 1 aliphatic rings. The molecule has 0 bridgehead atoms. The minimum Gasteiger partial charge on any atom is -0.467 e. The molecule has 9 heteroatoms. The van der Waals surface area contributed by atoms with Gasteiger partial charge in [-0.15, -0.1) is 0 Å². The van der Waals surface area contributed by atoms with Gasteiger partial charge in [-0.05, 0) is 95.5 Å². The van der Waals surface area contributed by atoms with E-state index in [2.05, 4.69) is 23.2 Å². The maximum atomic E-state index is 14.4. The summed E-state index contributed by atoms with van der Waals surface area (Å²) < 4.78 is 33.8. The average Bonchev–Trinajstić information content (AvgIpc) is 3.08. The van der Waals surface area contributed by atoms with Crippen molar-refractivity contribution in [3.63, 3.8) is 0 Å². The molecule has 1 N–H and O–H groups in total. The lowest BCUT2D eigenvalue weighted by molar-refractivity contribution is -0.142. The summed E-state index contributed by atoms with van der Waals surface area (Å²) >= 11 is 3.51. The second-order valence-corrected chi connectivity index (χ2v) is 15.1. The van der Waals surface area contributed by atoms with Crippen LogP contribution in [-0.4, -0.2) is 59.5 Å². The third kappa shape index (κ3) is 11.1. The van der Waals surface area contributed by atoms with Gasteiger partial charge in [0.15, 0.2) is 0 Å². The van der Waals surface area contributed by atoms with Gasteiger partial charge in [-0.1, -0.05) is 69.4 Å². The second-order valence-electron chi connectivity index (χ2n) is 12.8. The highest BCUT2D eigenvalue weighted by Gasteiger charge is 2.27. The Bertz CT molecular complexity index is 1480. The molecule has 0 aliphatic heterocycles. The van der Waals surface area contributed by atoms with Crippen LogP contribution in [-0.2, 0) is 22.6 Å². The first kappa shape index (κ1) is 37.9. The summed E-state index contributed by atoms with van der Waals surface area (Å²) in [5.41, 5.74) is 4.82. The lowest BCUT2D eigenvalue weighted by Crippen LogP contribution is -2.42. The molecule has 1 saturated carbocycles. The molecular formula is C39H50F2N2O3S2. The molecule has 1 fully saturated rings. The van der Waals surface area contributed by atoms with Gasteiger partial charge >= 0.3 is 5.97 Å². The van der Waals surface area contributed by atoms with Gasteiger partial charge in [0.2, 0.25) is 0 Å². The third-order valence-electron chi connectivity index (χ3n) is 9.22. The number of hydrogen-bond acceptors (Lipinski definition) is 6. The summed E-state index contributed by atoms with van der Waals surface area (Å²) in [4.78, 5) is 28.7. The Morgan fingerprint density at radius 3 is 2.33 bits per heavy atom. The molecule has 0 aromatic heterocycles. The molecule has 5 nitrogen and oxygen atoms in total. The number of methoxy groups -OCH3 is 1. The summed E-state index contributed by atoms with van der Waals surface area (Å²) in [6.07, 6.45) is 9.71. The zero-order chi connectivity index (χ0) is 34.5. The number of benzene rings is 3. The lowest BCUT2D eigenvalue weighted by atomic mass is 9.84. The Kier molecular flexibility index (Phi) is 15.3. The van der Waals surface area contributed by atoms with E-state index in [0.717, 1.165) is 46.2 Å². The van der Waals surface area contributed by atoms with Gasteiger partial charge in [0.1, 0.15) is 17.7 Å². The molecule has 3 aromatic carbocycles. The number of esters is 1. The lowest BCUT2D eigenvalue weighted by Gasteiger charge is -2.35. The maximum absolute atomic E-state index is 14.4. The van der Waals surface area contributed by atoms with E-state index >= 15 is 0 Å². The van der Waals surface area contributed by atoms with Gasteiger partial charge in [0, 0.05) is 36.5 Å². The van der Waals surface area contributed by atoms with Crippen LogP contribution in [0.2, 0.25) is 0 Å². The fraction of sp³-hybridized carbons (Fsp3) is 0.487. The van der Waals surface area contributed by atoms with Crippen LogP contribution in [0.15, 0.2) is 60.7 Å². The normalized spacial score (nSPS) is 14.9. The highest BCUT2D eigenvalue weighted by atomic mass is 32.2. The van der Waals surface area contributed by atoms with Crippen LogP contribution in [0.5, 0.6) is 0 Å². The topological polar surface area (TPSA) is 58.6 Å². The van der Waals surface area contributed by atoms with E-state index in [9.17, 15) is 18.4 Å². The van der Waals surface area contributed by atoms with E-state index in [1.807, 2.05) is 61.3 Å². The van der Waals surface area contributed by atoms with Crippen LogP contribution in [0.3, 0.4) is 0 Å². The standard InChI is InChI=1S/C39H50F2N2O3S2/c1-5-48-26-33(21-28-12-7-6-8-13-28)43(25-30-19-31(40)23-32(41)20-30)24-29-15-16-35(36(22-29)34-14-10-9-11-27(34)2)38(44)42-37(17-18-47-4)39(45)46-3/h9-11,14-16,19-20,22-23,28,33,37H,5-8,12-13,17-18,21,24-26H2,1-4H3,(H,42,44)/t33-,37?/m0/s1. The quantitative estimate of drug-likeness (QED) is 0.142. The van der Waals surface area contributed by atoms with Gasteiger partial charge in [-0.3, -0.25) is 9.69 Å². The SMILES string of the molecule is CCSC[C@H](CC1CCCCC1)N(Cc1cc(F)cc(F)c1)Cc1ccc(C(=O)NC(CCSC)C(=O)OC)c(-c2ccccc2C)c1. The van der Waals surface area contributed by atoms with Gasteiger partial charge < -0.3 is 10.1 Å². The highest BCUT2D eigenvalue weighted by Crippen LogP contribution is 2.33. The Hall–Kier alpha value is -2.88. The maximum Gasteiger partial charge on any atom is 0.328 e. The third-order valence-corrected chi connectivity index (χ3v) is 10.9. The van der Waals surface area contributed by atoms with Crippen LogP contribution >= 0.6 is 23.5 Å². The zero-order valence-electron chi connectivity index (χ0n) is 28.7. The smallest absolute Gasteiger partial charge is 0.328 e. The number of ether oxygens (including phenoxy) is 1. The number of halogens is 2. The Labute approximate surface area is 294 Å². The van der Waals surface area contributed by atoms with Crippen LogP contribution in [0.25, 0.3) is 11.1 Å². The largest absolute Gasteiger partial charge is 0.467 e. The summed E-state index contributed by atoms with van der Waals surface area (Å²) in [5.74, 6) is 1.31. The summed E-state index contributed by atoms with van der Waals surface area (Å²) in [6, 6.07) is 17.1. The fourth-order valence-electron chi connectivity index (χ4n) is 6.72. The first-order chi connectivity index (χ1) is 23.2. The van der Waals surface area contributed by atoms with Crippen LogP contribution < -0.4 is 5.32 Å². The number of nitrogens with zero attached hydrogens (tertiary/aromatic N) is 1. The van der Waals surface area contributed by atoms with E-state index in [0.29, 0.717) is 42.3 Å². The van der Waals surface area contributed by atoms with E-state index in [1.165, 1.54) is 51.3 Å². The Balaban J connectivity index is 1.73. The van der Waals surface area contributed by atoms with Crippen molar-refractivity contribution in [3.8, 4) is 11.1 Å². The predicted octanol–water partition coefficient (Wildman–Crippen LogP) is 9.06. The predicted molar refractivity (Wildman–Crippen MR) is 196 cm³/mol. The molecule has 2 atom stereocenters. The second kappa shape index (κ2) is 19.3. The van der Waals surface area contributed by atoms with Crippen LogP contribution in [0.1, 0.15) is 78.9 Å². The molecule has 1 aliphatic carbocycles. The average molecular weight is 697 g/mol. The summed E-state index contributed by atoms with van der Waals surface area (Å²) in [6.45, 7) is 5.15. The molecule has 0 spiro atoms. The Morgan fingerprint density at radius 1 is 0.958 bits per heavy atom. The van der Waals surface area contributed by atoms with Crippen molar-refractivity contribution in [2.45, 2.75) is 84.0 Å². The van der Waals surface area contributed by atoms with Gasteiger partial charge in [-0.2, -0.15) is 23.5 Å². The number of nitrogens with one attached hydrogen (secondary N) is 1. The van der Waals surface area contributed by atoms with Gasteiger partial charge in [0.05, 0.1) is 7.11 Å². The van der Waals surface area contributed by atoms with Gasteiger partial charge in [-0.25, -0.2) is 13.6 Å². The summed E-state index contributed by atoms with van der Waals surface area (Å²) in [7, 11) is 1.33. The van der Waals surface area contributed by atoms with E-state index in [4.69, 9.17) is 4.74 Å². The van der Waals surface area contributed by atoms with Crippen molar-refractivity contribution >= 4 is 35.4 Å². The molecule has 48 heavy (non-hydrogen) atoms. The van der Waals surface area contributed by atoms with Crippen LogP contribution in [0, 0.1) is 24.5 Å². The van der Waals surface area contributed by atoms with Crippen molar-refractivity contribution in [1.29, 1.82) is 0 Å². The molecular weight excluding hydrogens is 647 g/mol. The van der Waals surface area contributed by atoms with Gasteiger partial charge in [0.25, 0.3) is 5.91 Å². The molecule has 0 saturated heterocycles. The van der Waals surface area contributed by atoms with Crippen molar-refractivity contribution in [2.75, 3.05) is 30.6 Å². The fourth-order valence-corrected chi connectivity index (χ4v) is 8.04. The molecule has 3 aromatic rings. The van der Waals surface area contributed by atoms with E-state index < -0.39 is 23.6 Å². The number of thioether (sulfide) groups is 2. The van der Waals surface area contributed by atoms with Crippen molar-refractivity contribution in [2.24, 2.45) is 5.92 Å². The van der Waals surface area contributed by atoms with Crippen LogP contribution in [0.4, 0.5) is 8.78 Å². The van der Waals surface area contributed by atoms with E-state index in [1.54, 1.807) is 11.8 Å². The molecule has 4 rings (SSSR count). The van der Waals surface area contributed by atoms with Crippen molar-refractivity contribution in [1.82, 2.24) is 10.2 Å². The van der Waals surface area contributed by atoms with Crippen molar-refractivity contribution < 1.29 is 23.1 Å². The Morgan fingerprint density at radius 2 is 1.67 bits per heavy atom. The number of amides is 1. The first-order valence-electron chi connectivity index (χ1n) is 17.1. The number of carbonyl (C=O) groups is 2. The highest BCUT2D eigenvalue weighted by molar-refractivity contribution is 7.99. The van der Waals surface area contributed by atoms with Crippen molar-refractivity contribution in [3.05, 3.63) is 94.6 Å². The molecule has 1 unspecified atom stereocenters.